The summed E-state index contributed by atoms with van der Waals surface area (Å²) in [7, 11) is 1.47. The van der Waals surface area contributed by atoms with Gasteiger partial charge >= 0.3 is 5.69 Å². The maximum atomic E-state index is 11.5. The number of nitrogen functional groups attached to an aromatic ring is 1. The zero-order valence-electron chi connectivity index (χ0n) is 10.1. The molecule has 8 heteroatoms. The highest BCUT2D eigenvalue weighted by Gasteiger charge is 2.36. The Labute approximate surface area is 97.9 Å². The fraction of sp³-hybridized carbons (Fsp3) is 0.556. The summed E-state index contributed by atoms with van der Waals surface area (Å²) >= 11 is 0. The van der Waals surface area contributed by atoms with E-state index >= 15 is 0 Å². The third-order valence-corrected chi connectivity index (χ3v) is 2.26. The van der Waals surface area contributed by atoms with Crippen LogP contribution in [0.2, 0.25) is 0 Å². The molecule has 1 rings (SSSR count). The van der Waals surface area contributed by atoms with Crippen LogP contribution in [0, 0.1) is 10.1 Å². The van der Waals surface area contributed by atoms with E-state index in [1.54, 1.807) is 20.8 Å². The van der Waals surface area contributed by atoms with Gasteiger partial charge < -0.3 is 0 Å². The number of nitrogens with one attached hydrogen (secondary N) is 1. The van der Waals surface area contributed by atoms with E-state index in [9.17, 15) is 14.9 Å². The Hall–Kier alpha value is -1.96. The van der Waals surface area contributed by atoms with Gasteiger partial charge in [0.25, 0.3) is 5.91 Å². The summed E-state index contributed by atoms with van der Waals surface area (Å²) in [6, 6.07) is 0. The van der Waals surface area contributed by atoms with E-state index in [1.807, 2.05) is 5.43 Å². The Bertz CT molecular complexity index is 472. The number of aromatic nitrogens is 2. The maximum Gasteiger partial charge on any atom is 0.323 e. The van der Waals surface area contributed by atoms with E-state index in [0.717, 1.165) is 0 Å². The van der Waals surface area contributed by atoms with Crippen molar-refractivity contribution in [2.24, 2.45) is 12.9 Å². The number of hydrogen-bond acceptors (Lipinski definition) is 5. The zero-order chi connectivity index (χ0) is 13.4. The number of hydrazine groups is 1. The molecule has 17 heavy (non-hydrogen) atoms. The molecule has 0 aliphatic rings. The molecule has 0 fully saturated rings. The fourth-order valence-corrected chi connectivity index (χ4v) is 1.51. The highest BCUT2D eigenvalue weighted by atomic mass is 16.6. The molecular weight excluding hydrogens is 226 g/mol. The van der Waals surface area contributed by atoms with Crippen molar-refractivity contribution in [2.45, 2.75) is 26.2 Å². The lowest BCUT2D eigenvalue weighted by molar-refractivity contribution is -0.386. The van der Waals surface area contributed by atoms with Crippen LogP contribution < -0.4 is 11.3 Å². The van der Waals surface area contributed by atoms with Gasteiger partial charge in [-0.05, 0) is 0 Å². The average Bonchev–Trinajstić information content (AvgIpc) is 2.54. The summed E-state index contributed by atoms with van der Waals surface area (Å²) in [6.45, 7) is 5.35. The number of nitro groups is 1. The van der Waals surface area contributed by atoms with Crippen LogP contribution in [0.5, 0.6) is 0 Å². The molecule has 0 spiro atoms. The van der Waals surface area contributed by atoms with Gasteiger partial charge in [-0.2, -0.15) is 5.10 Å². The van der Waals surface area contributed by atoms with Crippen LogP contribution in [0.25, 0.3) is 0 Å². The molecule has 0 unspecified atom stereocenters. The van der Waals surface area contributed by atoms with Gasteiger partial charge in [0.1, 0.15) is 5.69 Å². The number of rotatable bonds is 2. The van der Waals surface area contributed by atoms with Crippen molar-refractivity contribution < 1.29 is 9.72 Å². The minimum absolute atomic E-state index is 0.151. The smallest absolute Gasteiger partial charge is 0.289 e. The summed E-state index contributed by atoms with van der Waals surface area (Å²) in [5.41, 5.74) is 1.14. The Morgan fingerprint density at radius 1 is 1.53 bits per heavy atom. The number of carbonyl (C=O) groups is 1. The lowest BCUT2D eigenvalue weighted by Crippen LogP contribution is -2.32. The Morgan fingerprint density at radius 2 is 2.06 bits per heavy atom. The van der Waals surface area contributed by atoms with Crippen molar-refractivity contribution in [3.8, 4) is 0 Å². The lowest BCUT2D eigenvalue weighted by atomic mass is 9.91. The molecule has 1 amide bonds. The molecule has 0 radical (unpaired) electrons. The van der Waals surface area contributed by atoms with E-state index in [2.05, 4.69) is 5.10 Å². The van der Waals surface area contributed by atoms with E-state index in [-0.39, 0.29) is 17.1 Å². The molecule has 8 nitrogen and oxygen atoms in total. The molecule has 1 aromatic rings. The quantitative estimate of drug-likeness (QED) is 0.332. The molecule has 1 heterocycles. The SMILES string of the molecule is Cn1nc(C(C)(C)C)c([N+](=O)[O-])c1C(=O)NN. The summed E-state index contributed by atoms with van der Waals surface area (Å²) in [5.74, 6) is 4.26. The van der Waals surface area contributed by atoms with Gasteiger partial charge in [0.2, 0.25) is 5.69 Å². The maximum absolute atomic E-state index is 11.5. The second-order valence-electron chi connectivity index (χ2n) is 4.65. The van der Waals surface area contributed by atoms with Gasteiger partial charge in [-0.15, -0.1) is 0 Å². The lowest BCUT2D eigenvalue weighted by Gasteiger charge is -2.13. The molecule has 0 saturated heterocycles. The largest absolute Gasteiger partial charge is 0.323 e. The van der Waals surface area contributed by atoms with Crippen LogP contribution >= 0.6 is 0 Å². The van der Waals surface area contributed by atoms with Crippen molar-refractivity contribution >= 4 is 11.6 Å². The minimum atomic E-state index is -0.734. The van der Waals surface area contributed by atoms with Gasteiger partial charge in [-0.1, -0.05) is 20.8 Å². The van der Waals surface area contributed by atoms with E-state index in [0.29, 0.717) is 0 Å². The molecule has 0 atom stereocenters. The Morgan fingerprint density at radius 3 is 2.41 bits per heavy atom. The molecule has 0 aromatic carbocycles. The molecule has 3 N–H and O–H groups in total. The summed E-state index contributed by atoms with van der Waals surface area (Å²) in [5, 5.41) is 15.1. The van der Waals surface area contributed by atoms with Gasteiger partial charge in [0.05, 0.1) is 4.92 Å². The minimum Gasteiger partial charge on any atom is -0.289 e. The number of nitrogens with zero attached hydrogens (tertiary/aromatic N) is 3. The van der Waals surface area contributed by atoms with Gasteiger partial charge in [0.15, 0.2) is 0 Å². The number of carbonyl (C=O) groups excluding carboxylic acids is 1. The summed E-state index contributed by atoms with van der Waals surface area (Å²) in [4.78, 5) is 21.9. The Balaban J connectivity index is 3.57. The normalized spacial score (nSPS) is 11.4. The molecule has 94 valence electrons. The first-order valence-electron chi connectivity index (χ1n) is 4.93. The zero-order valence-corrected chi connectivity index (χ0v) is 10.1. The molecule has 0 bridgehead atoms. The average molecular weight is 241 g/mol. The van der Waals surface area contributed by atoms with Crippen molar-refractivity contribution in [2.75, 3.05) is 0 Å². The van der Waals surface area contributed by atoms with Gasteiger partial charge in [0, 0.05) is 12.5 Å². The number of hydrogen-bond donors (Lipinski definition) is 2. The van der Waals surface area contributed by atoms with Crippen LogP contribution in [-0.2, 0) is 12.5 Å². The van der Waals surface area contributed by atoms with Gasteiger partial charge in [-0.3, -0.25) is 25.0 Å². The molecule has 0 aliphatic heterocycles. The van der Waals surface area contributed by atoms with Crippen molar-refractivity contribution in [1.29, 1.82) is 0 Å². The number of nitrogens with two attached hydrogens (primary N) is 1. The van der Waals surface area contributed by atoms with Gasteiger partial charge in [-0.25, -0.2) is 5.84 Å². The second-order valence-corrected chi connectivity index (χ2v) is 4.65. The third kappa shape index (κ3) is 2.26. The molecule has 0 saturated carbocycles. The second kappa shape index (κ2) is 4.13. The van der Waals surface area contributed by atoms with E-state index in [1.165, 1.54) is 11.7 Å². The molecular formula is C9H15N5O3. The van der Waals surface area contributed by atoms with Crippen LogP contribution in [0.1, 0.15) is 37.0 Å². The first-order chi connectivity index (χ1) is 7.70. The van der Waals surface area contributed by atoms with Crippen LogP contribution in [-0.4, -0.2) is 20.6 Å². The standard InChI is InChI=1S/C9H15N5O3/c1-9(2,3)7-5(14(16)17)6(8(15)11-10)13(4)12-7/h10H2,1-4H3,(H,11,15). The predicted molar refractivity (Wildman–Crippen MR) is 60.2 cm³/mol. The van der Waals surface area contributed by atoms with E-state index < -0.39 is 16.2 Å². The summed E-state index contributed by atoms with van der Waals surface area (Å²) in [6.07, 6.45) is 0. The fourth-order valence-electron chi connectivity index (χ4n) is 1.51. The van der Waals surface area contributed by atoms with Crippen LogP contribution in [0.15, 0.2) is 0 Å². The van der Waals surface area contributed by atoms with Crippen LogP contribution in [0.4, 0.5) is 5.69 Å². The molecule has 0 aliphatic carbocycles. The molecule has 1 aromatic heterocycles. The predicted octanol–water partition coefficient (Wildman–Crippen LogP) is 0.229. The monoisotopic (exact) mass is 241 g/mol. The Kier molecular flexibility index (Phi) is 3.18. The summed E-state index contributed by atoms with van der Waals surface area (Å²) < 4.78 is 1.17. The van der Waals surface area contributed by atoms with Crippen molar-refractivity contribution in [3.63, 3.8) is 0 Å². The van der Waals surface area contributed by atoms with Crippen LogP contribution in [0.3, 0.4) is 0 Å². The third-order valence-electron chi connectivity index (χ3n) is 2.26. The first-order valence-corrected chi connectivity index (χ1v) is 4.93. The number of amides is 1. The number of aryl methyl sites for hydroxylation is 1. The van der Waals surface area contributed by atoms with E-state index in [4.69, 9.17) is 5.84 Å². The van der Waals surface area contributed by atoms with Crippen molar-refractivity contribution in [3.05, 3.63) is 21.5 Å². The van der Waals surface area contributed by atoms with Crippen molar-refractivity contribution in [1.82, 2.24) is 15.2 Å². The highest BCUT2D eigenvalue weighted by Crippen LogP contribution is 2.32. The highest BCUT2D eigenvalue weighted by molar-refractivity contribution is 5.96. The topological polar surface area (TPSA) is 116 Å². The first kappa shape index (κ1) is 13.1.